The molecule has 86 valence electrons. The topological polar surface area (TPSA) is 29.5 Å². The molecule has 1 fully saturated rings. The Morgan fingerprint density at radius 3 is 2.87 bits per heavy atom. The molecule has 0 unspecified atom stereocenters. The summed E-state index contributed by atoms with van der Waals surface area (Å²) in [7, 11) is 0. The van der Waals surface area contributed by atoms with Gasteiger partial charge < -0.3 is 4.74 Å². The van der Waals surface area contributed by atoms with Gasteiger partial charge in [0.05, 0.1) is 6.54 Å². The van der Waals surface area contributed by atoms with Crippen LogP contribution in [0.5, 0.6) is 0 Å². The number of cyclic esters (lactones) is 1. The van der Waals surface area contributed by atoms with Gasteiger partial charge in [-0.15, -0.1) is 0 Å². The summed E-state index contributed by atoms with van der Waals surface area (Å²) in [6.45, 7) is 5.52. The van der Waals surface area contributed by atoms with Gasteiger partial charge in [0.2, 0.25) is 0 Å². The van der Waals surface area contributed by atoms with E-state index in [0.29, 0.717) is 13.2 Å². The van der Waals surface area contributed by atoms with Gasteiger partial charge in [-0.25, -0.2) is 4.79 Å². The van der Waals surface area contributed by atoms with Gasteiger partial charge in [-0.2, -0.15) is 0 Å². The van der Waals surface area contributed by atoms with Gasteiger partial charge in [-0.1, -0.05) is 31.8 Å². The Bertz CT molecular complexity index is 236. The Morgan fingerprint density at radius 2 is 2.27 bits per heavy atom. The van der Waals surface area contributed by atoms with Gasteiger partial charge >= 0.3 is 6.09 Å². The van der Waals surface area contributed by atoms with Crippen LogP contribution in [0.3, 0.4) is 0 Å². The van der Waals surface area contributed by atoms with Gasteiger partial charge in [0, 0.05) is 6.20 Å². The number of nitrogens with zero attached hydrogens (tertiary/aromatic N) is 1. The molecule has 0 spiro atoms. The van der Waals surface area contributed by atoms with Crippen LogP contribution in [0.15, 0.2) is 11.8 Å². The minimum atomic E-state index is -0.206. The Hall–Kier alpha value is -0.990. The first-order valence-corrected chi connectivity index (χ1v) is 5.84. The van der Waals surface area contributed by atoms with Crippen molar-refractivity contribution in [1.82, 2.24) is 4.90 Å². The van der Waals surface area contributed by atoms with E-state index < -0.39 is 0 Å². The van der Waals surface area contributed by atoms with E-state index in [1.54, 1.807) is 4.90 Å². The average molecular weight is 211 g/mol. The molecule has 1 amide bonds. The highest BCUT2D eigenvalue weighted by Crippen LogP contribution is 2.12. The normalized spacial score (nSPS) is 17.1. The highest BCUT2D eigenvalue weighted by atomic mass is 16.6. The third-order valence-electron chi connectivity index (χ3n) is 2.59. The zero-order valence-electron chi connectivity index (χ0n) is 9.79. The molecule has 0 aliphatic carbocycles. The minimum absolute atomic E-state index is 0.206. The molecule has 0 radical (unpaired) electrons. The third-order valence-corrected chi connectivity index (χ3v) is 2.59. The van der Waals surface area contributed by atoms with E-state index in [2.05, 4.69) is 13.8 Å². The monoisotopic (exact) mass is 211 g/mol. The van der Waals surface area contributed by atoms with Gasteiger partial charge in [-0.05, 0) is 19.8 Å². The fraction of sp³-hybridized carbons (Fsp3) is 0.750. The molecule has 0 bridgehead atoms. The van der Waals surface area contributed by atoms with Crippen LogP contribution in [0.25, 0.3) is 0 Å². The fourth-order valence-electron chi connectivity index (χ4n) is 1.68. The quantitative estimate of drug-likeness (QED) is 0.631. The van der Waals surface area contributed by atoms with Crippen molar-refractivity contribution in [2.75, 3.05) is 13.2 Å². The number of hydrogen-bond acceptors (Lipinski definition) is 2. The first-order chi connectivity index (χ1) is 7.24. The van der Waals surface area contributed by atoms with Gasteiger partial charge in [0.1, 0.15) is 6.61 Å². The SMILES string of the molecule is CCCCCC/C(C)=C\N1CCOC1=O. The standard InChI is InChI=1S/C12H21NO2/c1-3-4-5-6-7-11(2)10-13-8-9-15-12(13)14/h10H,3-9H2,1-2H3/b11-10-. The van der Waals surface area contributed by atoms with Crippen LogP contribution in [-0.2, 0) is 4.74 Å². The first kappa shape index (κ1) is 12.1. The second kappa shape index (κ2) is 6.49. The lowest BCUT2D eigenvalue weighted by Crippen LogP contribution is -2.17. The predicted octanol–water partition coefficient (Wildman–Crippen LogP) is 3.31. The van der Waals surface area contributed by atoms with Crippen LogP contribution in [0.2, 0.25) is 0 Å². The maximum atomic E-state index is 11.1. The zero-order chi connectivity index (χ0) is 11.1. The van der Waals surface area contributed by atoms with E-state index in [4.69, 9.17) is 4.74 Å². The molecule has 1 saturated heterocycles. The molecular weight excluding hydrogens is 190 g/mol. The van der Waals surface area contributed by atoms with E-state index in [9.17, 15) is 4.79 Å². The van der Waals surface area contributed by atoms with Gasteiger partial charge in [0.25, 0.3) is 0 Å². The first-order valence-electron chi connectivity index (χ1n) is 5.84. The molecule has 0 aromatic rings. The van der Waals surface area contributed by atoms with E-state index in [0.717, 1.165) is 6.42 Å². The molecule has 1 heterocycles. The van der Waals surface area contributed by atoms with Crippen molar-refractivity contribution >= 4 is 6.09 Å². The highest BCUT2D eigenvalue weighted by Gasteiger charge is 2.19. The summed E-state index contributed by atoms with van der Waals surface area (Å²) >= 11 is 0. The lowest BCUT2D eigenvalue weighted by atomic mass is 10.1. The summed E-state index contributed by atoms with van der Waals surface area (Å²) in [6, 6.07) is 0. The number of unbranched alkanes of at least 4 members (excludes halogenated alkanes) is 3. The molecule has 0 saturated carbocycles. The molecule has 1 aliphatic heterocycles. The van der Waals surface area contributed by atoms with Gasteiger partial charge in [0.15, 0.2) is 0 Å². The maximum Gasteiger partial charge on any atom is 0.413 e. The summed E-state index contributed by atoms with van der Waals surface area (Å²) in [4.78, 5) is 12.8. The lowest BCUT2D eigenvalue weighted by molar-refractivity contribution is 0.166. The second-order valence-electron chi connectivity index (χ2n) is 4.09. The van der Waals surface area contributed by atoms with Crippen LogP contribution in [-0.4, -0.2) is 24.1 Å². The van der Waals surface area contributed by atoms with Crippen LogP contribution in [0.4, 0.5) is 4.79 Å². The van der Waals surface area contributed by atoms with Crippen molar-refractivity contribution in [1.29, 1.82) is 0 Å². The largest absolute Gasteiger partial charge is 0.447 e. The average Bonchev–Trinajstić information content (AvgIpc) is 2.59. The van der Waals surface area contributed by atoms with E-state index >= 15 is 0 Å². The molecule has 0 aromatic heterocycles. The summed E-state index contributed by atoms with van der Waals surface area (Å²) < 4.78 is 4.85. The Balaban J connectivity index is 2.23. The molecule has 0 N–H and O–H groups in total. The van der Waals surface area contributed by atoms with Crippen molar-refractivity contribution in [3.8, 4) is 0 Å². The van der Waals surface area contributed by atoms with Crippen LogP contribution >= 0.6 is 0 Å². The molecule has 3 heteroatoms. The van der Waals surface area contributed by atoms with Crippen molar-refractivity contribution in [2.24, 2.45) is 0 Å². The van der Waals surface area contributed by atoms with Crippen LogP contribution < -0.4 is 0 Å². The number of carbonyl (C=O) groups excluding carboxylic acids is 1. The minimum Gasteiger partial charge on any atom is -0.447 e. The zero-order valence-corrected chi connectivity index (χ0v) is 9.79. The van der Waals surface area contributed by atoms with E-state index in [-0.39, 0.29) is 6.09 Å². The lowest BCUT2D eigenvalue weighted by Gasteiger charge is -2.08. The predicted molar refractivity (Wildman–Crippen MR) is 60.6 cm³/mol. The number of rotatable bonds is 6. The third kappa shape index (κ3) is 4.36. The Kier molecular flexibility index (Phi) is 5.22. The van der Waals surface area contributed by atoms with Crippen molar-refractivity contribution < 1.29 is 9.53 Å². The number of amides is 1. The molecular formula is C12H21NO2. The molecule has 1 aliphatic rings. The Morgan fingerprint density at radius 1 is 1.47 bits per heavy atom. The van der Waals surface area contributed by atoms with E-state index in [1.165, 1.54) is 31.3 Å². The number of ether oxygens (including phenoxy) is 1. The molecule has 3 nitrogen and oxygen atoms in total. The summed E-state index contributed by atoms with van der Waals surface area (Å²) in [5.41, 5.74) is 1.27. The highest BCUT2D eigenvalue weighted by molar-refractivity contribution is 5.70. The van der Waals surface area contributed by atoms with Crippen molar-refractivity contribution in [3.05, 3.63) is 11.8 Å². The number of hydrogen-bond donors (Lipinski definition) is 0. The van der Waals surface area contributed by atoms with Crippen LogP contribution in [0.1, 0.15) is 46.0 Å². The molecule has 0 atom stereocenters. The molecule has 1 rings (SSSR count). The second-order valence-corrected chi connectivity index (χ2v) is 4.09. The Labute approximate surface area is 92.1 Å². The van der Waals surface area contributed by atoms with Crippen molar-refractivity contribution in [2.45, 2.75) is 46.0 Å². The number of carbonyl (C=O) groups is 1. The van der Waals surface area contributed by atoms with E-state index in [1.807, 2.05) is 6.20 Å². The maximum absolute atomic E-state index is 11.1. The molecule has 15 heavy (non-hydrogen) atoms. The van der Waals surface area contributed by atoms with Crippen LogP contribution in [0, 0.1) is 0 Å². The summed E-state index contributed by atoms with van der Waals surface area (Å²) in [5, 5.41) is 0. The van der Waals surface area contributed by atoms with Gasteiger partial charge in [-0.3, -0.25) is 4.90 Å². The fourth-order valence-corrected chi connectivity index (χ4v) is 1.68. The number of allylic oxidation sites excluding steroid dienone is 1. The molecule has 0 aromatic carbocycles. The summed E-state index contributed by atoms with van der Waals surface area (Å²) in [5.74, 6) is 0. The smallest absolute Gasteiger partial charge is 0.413 e. The summed E-state index contributed by atoms with van der Waals surface area (Å²) in [6.07, 6.45) is 7.89. The van der Waals surface area contributed by atoms with Crippen molar-refractivity contribution in [3.63, 3.8) is 0 Å².